The fraction of sp³-hybridized carbons (Fsp3) is 0.190. The Balaban J connectivity index is 1.64. The van der Waals surface area contributed by atoms with Crippen molar-refractivity contribution >= 4 is 22.5 Å². The van der Waals surface area contributed by atoms with Crippen LogP contribution in [0.1, 0.15) is 5.89 Å². The Morgan fingerprint density at radius 1 is 1.07 bits per heavy atom. The SMILES string of the molecule is COc1ccc(NC(=O)Cn2c(-c3nnc(C)o3)cc3ccccc32)cc1OC. The lowest BCUT2D eigenvalue weighted by Gasteiger charge is -2.12. The topological polar surface area (TPSA) is 91.4 Å². The standard InChI is InChI=1S/C21H20N4O4/c1-13-23-24-21(29-13)17-10-14-6-4-5-7-16(14)25(17)12-20(26)22-15-8-9-18(27-2)19(11-15)28-3/h4-11H,12H2,1-3H3,(H,22,26). The van der Waals surface area contributed by atoms with Crippen LogP contribution in [0.4, 0.5) is 5.69 Å². The average molecular weight is 392 g/mol. The highest BCUT2D eigenvalue weighted by atomic mass is 16.5. The van der Waals surface area contributed by atoms with Gasteiger partial charge < -0.3 is 23.8 Å². The van der Waals surface area contributed by atoms with Crippen molar-refractivity contribution < 1.29 is 18.7 Å². The van der Waals surface area contributed by atoms with Gasteiger partial charge in [0.05, 0.1) is 14.2 Å². The summed E-state index contributed by atoms with van der Waals surface area (Å²) in [6.45, 7) is 1.81. The maximum absolute atomic E-state index is 12.8. The van der Waals surface area contributed by atoms with Gasteiger partial charge in [-0.15, -0.1) is 10.2 Å². The molecule has 2 aromatic heterocycles. The molecule has 2 heterocycles. The predicted octanol–water partition coefficient (Wildman–Crippen LogP) is 3.66. The minimum absolute atomic E-state index is 0.0820. The molecule has 8 heteroatoms. The number of carbonyl (C=O) groups excluding carboxylic acids is 1. The number of amides is 1. The molecule has 0 saturated carbocycles. The lowest BCUT2D eigenvalue weighted by Crippen LogP contribution is -2.19. The van der Waals surface area contributed by atoms with Crippen molar-refractivity contribution in [2.45, 2.75) is 13.5 Å². The Morgan fingerprint density at radius 3 is 2.59 bits per heavy atom. The molecule has 0 saturated heterocycles. The molecule has 29 heavy (non-hydrogen) atoms. The molecule has 0 radical (unpaired) electrons. The van der Waals surface area contributed by atoms with Gasteiger partial charge in [0.2, 0.25) is 11.8 Å². The van der Waals surface area contributed by atoms with Gasteiger partial charge in [0.25, 0.3) is 5.89 Å². The summed E-state index contributed by atoms with van der Waals surface area (Å²) in [7, 11) is 3.11. The van der Waals surface area contributed by atoms with Gasteiger partial charge in [-0.05, 0) is 24.3 Å². The number of ether oxygens (including phenoxy) is 2. The number of aromatic nitrogens is 3. The molecule has 1 amide bonds. The van der Waals surface area contributed by atoms with Gasteiger partial charge in [-0.2, -0.15) is 0 Å². The van der Waals surface area contributed by atoms with Gasteiger partial charge in [0.15, 0.2) is 11.5 Å². The molecule has 0 bridgehead atoms. The number of carbonyl (C=O) groups is 1. The zero-order valence-corrected chi connectivity index (χ0v) is 16.3. The van der Waals surface area contributed by atoms with Gasteiger partial charge in [0.1, 0.15) is 12.2 Å². The third kappa shape index (κ3) is 3.64. The van der Waals surface area contributed by atoms with E-state index in [0.717, 1.165) is 10.9 Å². The van der Waals surface area contributed by atoms with Crippen LogP contribution in [-0.4, -0.2) is 34.9 Å². The average Bonchev–Trinajstić information content (AvgIpc) is 3.31. The van der Waals surface area contributed by atoms with E-state index in [1.54, 1.807) is 39.3 Å². The second-order valence-corrected chi connectivity index (χ2v) is 6.42. The summed E-state index contributed by atoms with van der Waals surface area (Å²) < 4.78 is 18.0. The van der Waals surface area contributed by atoms with E-state index in [2.05, 4.69) is 15.5 Å². The first-order valence-corrected chi connectivity index (χ1v) is 8.99. The number of nitrogens with one attached hydrogen (secondary N) is 1. The number of aryl methyl sites for hydroxylation is 1. The molecule has 1 N–H and O–H groups in total. The predicted molar refractivity (Wildman–Crippen MR) is 108 cm³/mol. The largest absolute Gasteiger partial charge is 0.493 e. The maximum atomic E-state index is 12.8. The van der Waals surface area contributed by atoms with E-state index < -0.39 is 0 Å². The molecule has 4 rings (SSSR count). The molecule has 0 spiro atoms. The summed E-state index contributed by atoms with van der Waals surface area (Å²) in [4.78, 5) is 12.8. The summed E-state index contributed by atoms with van der Waals surface area (Å²) in [6.07, 6.45) is 0. The zero-order chi connectivity index (χ0) is 20.4. The monoisotopic (exact) mass is 392 g/mol. The number of nitrogens with zero attached hydrogens (tertiary/aromatic N) is 3. The summed E-state index contributed by atoms with van der Waals surface area (Å²) in [6, 6.07) is 14.9. The normalized spacial score (nSPS) is 10.9. The van der Waals surface area contributed by atoms with E-state index in [1.165, 1.54) is 0 Å². The summed E-state index contributed by atoms with van der Waals surface area (Å²) in [5.74, 6) is 1.77. The number of hydrogen-bond donors (Lipinski definition) is 1. The van der Waals surface area contributed by atoms with Gasteiger partial charge in [-0.25, -0.2) is 0 Å². The van der Waals surface area contributed by atoms with Crippen molar-refractivity contribution in [3.05, 3.63) is 54.4 Å². The van der Waals surface area contributed by atoms with Crippen molar-refractivity contribution in [3.8, 4) is 23.1 Å². The number of methoxy groups -OCH3 is 2. The first-order chi connectivity index (χ1) is 14.1. The van der Waals surface area contributed by atoms with Crippen LogP contribution in [-0.2, 0) is 11.3 Å². The van der Waals surface area contributed by atoms with E-state index in [0.29, 0.717) is 34.7 Å². The molecule has 8 nitrogen and oxygen atoms in total. The van der Waals surface area contributed by atoms with E-state index in [4.69, 9.17) is 13.9 Å². The highest BCUT2D eigenvalue weighted by molar-refractivity contribution is 5.94. The molecule has 0 aliphatic heterocycles. The fourth-order valence-electron chi connectivity index (χ4n) is 3.22. The Labute approximate surface area is 167 Å². The van der Waals surface area contributed by atoms with Crippen LogP contribution in [0.15, 0.2) is 52.9 Å². The number of benzene rings is 2. The molecule has 4 aromatic rings. The van der Waals surface area contributed by atoms with Crippen molar-refractivity contribution in [2.75, 3.05) is 19.5 Å². The van der Waals surface area contributed by atoms with Crippen LogP contribution in [0.3, 0.4) is 0 Å². The number of hydrogen-bond acceptors (Lipinski definition) is 6. The third-order valence-corrected chi connectivity index (χ3v) is 4.52. The fourth-order valence-corrected chi connectivity index (χ4v) is 3.22. The molecule has 0 aliphatic carbocycles. The minimum Gasteiger partial charge on any atom is -0.493 e. The summed E-state index contributed by atoms with van der Waals surface area (Å²) in [5, 5.41) is 11.9. The Bertz CT molecular complexity index is 1180. The van der Waals surface area contributed by atoms with Crippen LogP contribution in [0.25, 0.3) is 22.5 Å². The molecule has 0 fully saturated rings. The zero-order valence-electron chi connectivity index (χ0n) is 16.3. The smallest absolute Gasteiger partial charge is 0.264 e. The van der Waals surface area contributed by atoms with E-state index >= 15 is 0 Å². The molecule has 148 valence electrons. The van der Waals surface area contributed by atoms with Crippen molar-refractivity contribution in [2.24, 2.45) is 0 Å². The maximum Gasteiger partial charge on any atom is 0.264 e. The second kappa shape index (κ2) is 7.67. The highest BCUT2D eigenvalue weighted by Gasteiger charge is 2.18. The molecule has 2 aromatic carbocycles. The van der Waals surface area contributed by atoms with Gasteiger partial charge in [-0.3, -0.25) is 4.79 Å². The molecular weight excluding hydrogens is 372 g/mol. The highest BCUT2D eigenvalue weighted by Crippen LogP contribution is 2.30. The lowest BCUT2D eigenvalue weighted by molar-refractivity contribution is -0.116. The Kier molecular flexibility index (Phi) is 4.90. The first-order valence-electron chi connectivity index (χ1n) is 8.99. The third-order valence-electron chi connectivity index (χ3n) is 4.52. The number of rotatable bonds is 6. The van der Waals surface area contributed by atoms with Crippen molar-refractivity contribution in [1.82, 2.24) is 14.8 Å². The van der Waals surface area contributed by atoms with Crippen molar-refractivity contribution in [1.29, 1.82) is 0 Å². The van der Waals surface area contributed by atoms with Gasteiger partial charge in [-0.1, -0.05) is 18.2 Å². The second-order valence-electron chi connectivity index (χ2n) is 6.42. The van der Waals surface area contributed by atoms with E-state index in [9.17, 15) is 4.79 Å². The van der Waals surface area contributed by atoms with Crippen LogP contribution in [0, 0.1) is 6.92 Å². The first kappa shape index (κ1) is 18.5. The minimum atomic E-state index is -0.198. The summed E-state index contributed by atoms with van der Waals surface area (Å²) >= 11 is 0. The molecule has 0 aliphatic rings. The van der Waals surface area contributed by atoms with Crippen molar-refractivity contribution in [3.63, 3.8) is 0 Å². The van der Waals surface area contributed by atoms with Gasteiger partial charge >= 0.3 is 0 Å². The Hall–Kier alpha value is -3.81. The molecule has 0 unspecified atom stereocenters. The van der Waals surface area contributed by atoms with E-state index in [-0.39, 0.29) is 12.5 Å². The van der Waals surface area contributed by atoms with Crippen LogP contribution < -0.4 is 14.8 Å². The number of para-hydroxylation sites is 1. The van der Waals surface area contributed by atoms with Crippen LogP contribution in [0.5, 0.6) is 11.5 Å². The lowest BCUT2D eigenvalue weighted by atomic mass is 10.2. The Morgan fingerprint density at radius 2 is 1.86 bits per heavy atom. The summed E-state index contributed by atoms with van der Waals surface area (Å²) in [5.41, 5.74) is 2.20. The molecule has 0 atom stereocenters. The van der Waals surface area contributed by atoms with Crippen LogP contribution >= 0.6 is 0 Å². The number of anilines is 1. The van der Waals surface area contributed by atoms with E-state index in [1.807, 2.05) is 34.9 Å². The van der Waals surface area contributed by atoms with Crippen LogP contribution in [0.2, 0.25) is 0 Å². The molecular formula is C21H20N4O4. The van der Waals surface area contributed by atoms with Gasteiger partial charge in [0, 0.05) is 29.6 Å². The quantitative estimate of drug-likeness (QED) is 0.538. The number of fused-ring (bicyclic) bond motifs is 1.